The SMILES string of the molecule is COc1cccc(C(C)NC(=O)c2ccc3c(c2)/C(=C/Nc2ccc(CN4CCCCC4)cc2)C(=O)N3)c1. The van der Waals surface area contributed by atoms with Crippen molar-refractivity contribution >= 4 is 28.8 Å². The number of nitrogens with zero attached hydrogens (tertiary/aromatic N) is 1. The quantitative estimate of drug-likeness (QED) is 0.345. The number of amides is 2. The van der Waals surface area contributed by atoms with Crippen molar-refractivity contribution < 1.29 is 14.3 Å². The Kier molecular flexibility index (Phi) is 7.75. The molecule has 3 aromatic rings. The minimum atomic E-state index is -0.209. The minimum Gasteiger partial charge on any atom is -0.497 e. The first-order valence-corrected chi connectivity index (χ1v) is 13.2. The first kappa shape index (κ1) is 25.5. The monoisotopic (exact) mass is 510 g/mol. The molecule has 2 aliphatic rings. The summed E-state index contributed by atoms with van der Waals surface area (Å²) >= 11 is 0. The molecule has 0 radical (unpaired) electrons. The zero-order chi connectivity index (χ0) is 26.5. The molecule has 196 valence electrons. The molecule has 7 nitrogen and oxygen atoms in total. The van der Waals surface area contributed by atoms with E-state index < -0.39 is 0 Å². The second-order valence-corrected chi connectivity index (χ2v) is 9.92. The Morgan fingerprint density at radius 2 is 1.84 bits per heavy atom. The first-order valence-electron chi connectivity index (χ1n) is 13.2. The van der Waals surface area contributed by atoms with Gasteiger partial charge in [-0.05, 0) is 86.4 Å². The van der Waals surface area contributed by atoms with Crippen LogP contribution in [-0.4, -0.2) is 36.9 Å². The maximum atomic E-state index is 13.0. The highest BCUT2D eigenvalue weighted by Gasteiger charge is 2.25. The van der Waals surface area contributed by atoms with E-state index in [1.165, 1.54) is 37.9 Å². The van der Waals surface area contributed by atoms with Gasteiger partial charge in [0.1, 0.15) is 5.75 Å². The van der Waals surface area contributed by atoms with Gasteiger partial charge in [0, 0.05) is 35.2 Å². The number of carbonyl (C=O) groups is 2. The molecule has 1 fully saturated rings. The number of hydrogen-bond donors (Lipinski definition) is 3. The number of anilines is 2. The van der Waals surface area contributed by atoms with Crippen LogP contribution < -0.4 is 20.7 Å². The van der Waals surface area contributed by atoms with Crippen molar-refractivity contribution in [2.24, 2.45) is 0 Å². The van der Waals surface area contributed by atoms with Gasteiger partial charge in [-0.25, -0.2) is 0 Å². The second kappa shape index (κ2) is 11.5. The number of benzene rings is 3. The van der Waals surface area contributed by atoms with Crippen molar-refractivity contribution in [2.75, 3.05) is 30.8 Å². The molecular formula is C31H34N4O3. The molecule has 3 aromatic carbocycles. The number of carbonyl (C=O) groups excluding carboxylic acids is 2. The Hall–Kier alpha value is -4.10. The number of piperidine rings is 1. The summed E-state index contributed by atoms with van der Waals surface area (Å²) in [5, 5.41) is 9.17. The molecule has 2 heterocycles. The molecule has 5 rings (SSSR count). The Morgan fingerprint density at radius 3 is 2.61 bits per heavy atom. The summed E-state index contributed by atoms with van der Waals surface area (Å²) in [6, 6.07) is 21.0. The van der Waals surface area contributed by atoms with Crippen molar-refractivity contribution in [3.63, 3.8) is 0 Å². The van der Waals surface area contributed by atoms with Gasteiger partial charge < -0.3 is 20.7 Å². The zero-order valence-corrected chi connectivity index (χ0v) is 21.9. The molecule has 0 aliphatic carbocycles. The molecule has 7 heteroatoms. The second-order valence-electron chi connectivity index (χ2n) is 9.92. The zero-order valence-electron chi connectivity index (χ0n) is 21.9. The molecule has 1 unspecified atom stereocenters. The average Bonchev–Trinajstić information content (AvgIpc) is 3.27. The van der Waals surface area contributed by atoms with Gasteiger partial charge in [-0.3, -0.25) is 14.5 Å². The smallest absolute Gasteiger partial charge is 0.257 e. The van der Waals surface area contributed by atoms with Gasteiger partial charge in [-0.1, -0.05) is 30.7 Å². The summed E-state index contributed by atoms with van der Waals surface area (Å²) in [5.41, 5.74) is 5.51. The van der Waals surface area contributed by atoms with Gasteiger partial charge in [0.15, 0.2) is 0 Å². The molecule has 3 N–H and O–H groups in total. The normalized spacial score (nSPS) is 17.0. The summed E-state index contributed by atoms with van der Waals surface area (Å²) in [6.45, 7) is 5.23. The number of rotatable bonds is 8. The van der Waals surface area contributed by atoms with Gasteiger partial charge in [0.2, 0.25) is 0 Å². The first-order chi connectivity index (χ1) is 18.5. The van der Waals surface area contributed by atoms with E-state index in [9.17, 15) is 9.59 Å². The fraction of sp³-hybridized carbons (Fsp3) is 0.290. The Morgan fingerprint density at radius 1 is 1.05 bits per heavy atom. The number of fused-ring (bicyclic) bond motifs is 1. The van der Waals surface area contributed by atoms with Crippen molar-refractivity contribution in [3.8, 4) is 5.75 Å². The summed E-state index contributed by atoms with van der Waals surface area (Å²) in [5.74, 6) is 0.334. The Bertz CT molecular complexity index is 1340. The van der Waals surface area contributed by atoms with Gasteiger partial charge in [0.25, 0.3) is 11.8 Å². The Balaban J connectivity index is 1.26. The van der Waals surface area contributed by atoms with Gasteiger partial charge in [-0.2, -0.15) is 0 Å². The van der Waals surface area contributed by atoms with Crippen molar-refractivity contribution in [1.82, 2.24) is 10.2 Å². The lowest BCUT2D eigenvalue weighted by Gasteiger charge is -2.26. The van der Waals surface area contributed by atoms with E-state index in [2.05, 4.69) is 33.0 Å². The predicted octanol–water partition coefficient (Wildman–Crippen LogP) is 5.58. The number of hydrogen-bond acceptors (Lipinski definition) is 5. The van der Waals surface area contributed by atoms with Crippen LogP contribution in [0.5, 0.6) is 5.75 Å². The van der Waals surface area contributed by atoms with E-state index in [0.717, 1.165) is 23.5 Å². The van der Waals surface area contributed by atoms with Crippen LogP contribution in [0.1, 0.15) is 59.3 Å². The van der Waals surface area contributed by atoms with Crippen LogP contribution in [0.15, 0.2) is 72.9 Å². The van der Waals surface area contributed by atoms with Crippen LogP contribution in [-0.2, 0) is 11.3 Å². The van der Waals surface area contributed by atoms with Crippen LogP contribution in [0, 0.1) is 0 Å². The standard InChI is InChI=1S/C31H34N4O3/c1-21(23-7-6-8-26(17-23)38-2)33-30(36)24-11-14-29-27(18-24)28(31(37)34-29)19-32-25-12-9-22(10-13-25)20-35-15-4-3-5-16-35/h6-14,17-19,21,32H,3-5,15-16,20H2,1-2H3,(H,33,36)(H,34,37)/b28-19-. The molecule has 1 saturated heterocycles. The largest absolute Gasteiger partial charge is 0.497 e. The highest BCUT2D eigenvalue weighted by atomic mass is 16.5. The van der Waals surface area contributed by atoms with E-state index in [-0.39, 0.29) is 17.9 Å². The van der Waals surface area contributed by atoms with Crippen LogP contribution in [0.3, 0.4) is 0 Å². The lowest BCUT2D eigenvalue weighted by molar-refractivity contribution is -0.110. The molecule has 0 saturated carbocycles. The van der Waals surface area contributed by atoms with Crippen molar-refractivity contribution in [3.05, 3.63) is 95.2 Å². The third-order valence-electron chi connectivity index (χ3n) is 7.20. The topological polar surface area (TPSA) is 82.7 Å². The maximum Gasteiger partial charge on any atom is 0.257 e. The van der Waals surface area contributed by atoms with E-state index in [1.54, 1.807) is 31.5 Å². The molecule has 0 spiro atoms. The molecule has 0 aromatic heterocycles. The number of nitrogens with one attached hydrogen (secondary N) is 3. The van der Waals surface area contributed by atoms with Gasteiger partial charge in [0.05, 0.1) is 18.7 Å². The van der Waals surface area contributed by atoms with Crippen LogP contribution in [0.25, 0.3) is 5.57 Å². The number of ether oxygens (including phenoxy) is 1. The van der Waals surface area contributed by atoms with Crippen molar-refractivity contribution in [2.45, 2.75) is 38.8 Å². The van der Waals surface area contributed by atoms with E-state index in [1.807, 2.05) is 43.3 Å². The molecule has 1 atom stereocenters. The van der Waals surface area contributed by atoms with Crippen LogP contribution in [0.2, 0.25) is 0 Å². The van der Waals surface area contributed by atoms with E-state index >= 15 is 0 Å². The summed E-state index contributed by atoms with van der Waals surface area (Å²) < 4.78 is 5.29. The fourth-order valence-electron chi connectivity index (χ4n) is 4.98. The number of likely N-dealkylation sites (tertiary alicyclic amines) is 1. The van der Waals surface area contributed by atoms with E-state index in [4.69, 9.17) is 4.74 Å². The Labute approximate surface area is 223 Å². The average molecular weight is 511 g/mol. The highest BCUT2D eigenvalue weighted by Crippen LogP contribution is 2.33. The predicted molar refractivity (Wildman–Crippen MR) is 151 cm³/mol. The number of methoxy groups -OCH3 is 1. The summed E-state index contributed by atoms with van der Waals surface area (Å²) in [4.78, 5) is 28.2. The summed E-state index contributed by atoms with van der Waals surface area (Å²) in [7, 11) is 1.62. The summed E-state index contributed by atoms with van der Waals surface area (Å²) in [6.07, 6.45) is 5.60. The lowest BCUT2D eigenvalue weighted by atomic mass is 10.0. The van der Waals surface area contributed by atoms with Crippen LogP contribution in [0.4, 0.5) is 11.4 Å². The molecule has 2 amide bonds. The van der Waals surface area contributed by atoms with Gasteiger partial charge in [-0.15, -0.1) is 0 Å². The fourth-order valence-corrected chi connectivity index (χ4v) is 4.98. The highest BCUT2D eigenvalue weighted by molar-refractivity contribution is 6.32. The minimum absolute atomic E-state index is 0.198. The van der Waals surface area contributed by atoms with Gasteiger partial charge >= 0.3 is 0 Å². The van der Waals surface area contributed by atoms with Crippen molar-refractivity contribution in [1.29, 1.82) is 0 Å². The third kappa shape index (κ3) is 5.89. The third-order valence-corrected chi connectivity index (χ3v) is 7.20. The molecular weight excluding hydrogens is 476 g/mol. The lowest BCUT2D eigenvalue weighted by Crippen LogP contribution is -2.29. The maximum absolute atomic E-state index is 13.0. The molecule has 2 aliphatic heterocycles. The molecule has 38 heavy (non-hydrogen) atoms. The molecule has 0 bridgehead atoms. The van der Waals surface area contributed by atoms with E-state index in [0.29, 0.717) is 22.4 Å². The van der Waals surface area contributed by atoms with Crippen LogP contribution >= 0.6 is 0 Å².